The second kappa shape index (κ2) is 9.11. The molecule has 1 heterocycles. The Hall–Kier alpha value is -3.85. The van der Waals surface area contributed by atoms with Gasteiger partial charge >= 0.3 is 0 Å². The fourth-order valence-corrected chi connectivity index (χ4v) is 4.13. The monoisotopic (exact) mass is 417 g/mol. The van der Waals surface area contributed by atoms with E-state index in [1.807, 2.05) is 0 Å². The van der Waals surface area contributed by atoms with Crippen molar-refractivity contribution in [2.45, 2.75) is 25.9 Å². The van der Waals surface area contributed by atoms with Crippen LogP contribution in [0.2, 0.25) is 0 Å². The Kier molecular flexibility index (Phi) is 5.71. The molecule has 1 aliphatic heterocycles. The maximum atomic E-state index is 5.05. The third-order valence-electron chi connectivity index (χ3n) is 5.95. The van der Waals surface area contributed by atoms with E-state index in [4.69, 9.17) is 5.10 Å². The average Bonchev–Trinajstić information content (AvgIpc) is 3.31. The van der Waals surface area contributed by atoms with Crippen molar-refractivity contribution in [3.63, 3.8) is 0 Å². The molecule has 4 aromatic carbocycles. The summed E-state index contributed by atoms with van der Waals surface area (Å²) in [6.07, 6.45) is 0.894. The maximum absolute atomic E-state index is 5.05. The molecule has 0 radical (unpaired) electrons. The minimum Gasteiger partial charge on any atom is -0.381 e. The smallest absolute Gasteiger partial charge is 0.0831 e. The molecule has 0 fully saturated rings. The Labute approximate surface area is 190 Å². The molecule has 32 heavy (non-hydrogen) atoms. The van der Waals surface area contributed by atoms with E-state index in [1.165, 1.54) is 22.3 Å². The van der Waals surface area contributed by atoms with Crippen LogP contribution in [0.4, 0.5) is 11.4 Å². The fourth-order valence-electron chi connectivity index (χ4n) is 4.13. The predicted molar refractivity (Wildman–Crippen MR) is 134 cm³/mol. The highest BCUT2D eigenvalue weighted by Crippen LogP contribution is 2.36. The molecule has 0 bridgehead atoms. The molecule has 1 aliphatic rings. The van der Waals surface area contributed by atoms with E-state index in [2.05, 4.69) is 126 Å². The molecule has 4 aromatic rings. The summed E-state index contributed by atoms with van der Waals surface area (Å²) in [6.45, 7) is 2.90. The molecule has 0 spiro atoms. The van der Waals surface area contributed by atoms with Gasteiger partial charge in [-0.3, -0.25) is 5.01 Å². The van der Waals surface area contributed by atoms with Gasteiger partial charge in [0.25, 0.3) is 0 Å². The summed E-state index contributed by atoms with van der Waals surface area (Å²) in [5.41, 5.74) is 8.38. The number of hydrazone groups is 1. The molecule has 158 valence electrons. The molecule has 0 aliphatic carbocycles. The van der Waals surface area contributed by atoms with Gasteiger partial charge < -0.3 is 5.32 Å². The number of rotatable bonds is 6. The van der Waals surface area contributed by atoms with Gasteiger partial charge in [0.1, 0.15) is 0 Å². The minimum absolute atomic E-state index is 0.197. The number of hydrogen-bond donors (Lipinski definition) is 1. The van der Waals surface area contributed by atoms with Crippen LogP contribution in [-0.2, 0) is 6.54 Å². The molecule has 1 N–H and O–H groups in total. The topological polar surface area (TPSA) is 27.6 Å². The van der Waals surface area contributed by atoms with Crippen molar-refractivity contribution >= 4 is 17.1 Å². The van der Waals surface area contributed by atoms with Crippen molar-refractivity contribution in [1.82, 2.24) is 0 Å². The Morgan fingerprint density at radius 1 is 0.781 bits per heavy atom. The lowest BCUT2D eigenvalue weighted by molar-refractivity contribution is 0.709. The first-order chi connectivity index (χ1) is 15.8. The number of anilines is 2. The van der Waals surface area contributed by atoms with Crippen LogP contribution < -0.4 is 10.3 Å². The van der Waals surface area contributed by atoms with Crippen LogP contribution in [0, 0.1) is 6.92 Å². The fraction of sp³-hybridized carbons (Fsp3) is 0.138. The summed E-state index contributed by atoms with van der Waals surface area (Å²) in [7, 11) is 0. The van der Waals surface area contributed by atoms with Gasteiger partial charge in [-0.15, -0.1) is 0 Å². The number of benzene rings is 4. The van der Waals surface area contributed by atoms with Crippen molar-refractivity contribution in [3.8, 4) is 0 Å². The zero-order chi connectivity index (χ0) is 21.8. The van der Waals surface area contributed by atoms with Crippen molar-refractivity contribution in [1.29, 1.82) is 0 Å². The summed E-state index contributed by atoms with van der Waals surface area (Å²) in [5, 5.41) is 10.7. The molecule has 5 rings (SSSR count). The first-order valence-electron chi connectivity index (χ1n) is 11.1. The lowest BCUT2D eigenvalue weighted by Crippen LogP contribution is -2.18. The van der Waals surface area contributed by atoms with E-state index in [9.17, 15) is 0 Å². The average molecular weight is 418 g/mol. The zero-order valence-corrected chi connectivity index (χ0v) is 18.3. The first kappa shape index (κ1) is 20.1. The van der Waals surface area contributed by atoms with Gasteiger partial charge in [0.05, 0.1) is 17.4 Å². The molecule has 3 heteroatoms. The second-order valence-corrected chi connectivity index (χ2v) is 8.27. The van der Waals surface area contributed by atoms with E-state index in [-0.39, 0.29) is 6.04 Å². The van der Waals surface area contributed by atoms with Gasteiger partial charge in [0.2, 0.25) is 0 Å². The summed E-state index contributed by atoms with van der Waals surface area (Å²) in [4.78, 5) is 0. The van der Waals surface area contributed by atoms with Gasteiger partial charge in [0.15, 0.2) is 0 Å². The van der Waals surface area contributed by atoms with E-state index in [0.717, 1.165) is 30.1 Å². The van der Waals surface area contributed by atoms with Crippen molar-refractivity contribution < 1.29 is 0 Å². The van der Waals surface area contributed by atoms with Crippen LogP contribution in [0.15, 0.2) is 114 Å². The molecule has 1 atom stereocenters. The summed E-state index contributed by atoms with van der Waals surface area (Å²) < 4.78 is 0. The third-order valence-corrected chi connectivity index (χ3v) is 5.95. The maximum Gasteiger partial charge on any atom is 0.0831 e. The van der Waals surface area contributed by atoms with Crippen LogP contribution in [-0.4, -0.2) is 5.71 Å². The molecule has 0 unspecified atom stereocenters. The largest absolute Gasteiger partial charge is 0.381 e. The van der Waals surface area contributed by atoms with Gasteiger partial charge in [-0.25, -0.2) is 0 Å². The van der Waals surface area contributed by atoms with Crippen LogP contribution >= 0.6 is 0 Å². The second-order valence-electron chi connectivity index (χ2n) is 8.27. The first-order valence-corrected chi connectivity index (χ1v) is 11.1. The Balaban J connectivity index is 1.37. The predicted octanol–water partition coefficient (Wildman–Crippen LogP) is 6.96. The van der Waals surface area contributed by atoms with E-state index >= 15 is 0 Å². The van der Waals surface area contributed by atoms with Crippen LogP contribution in [0.3, 0.4) is 0 Å². The molecular formula is C29H27N3. The van der Waals surface area contributed by atoms with Crippen LogP contribution in [0.1, 0.15) is 34.7 Å². The molecule has 3 nitrogen and oxygen atoms in total. The minimum atomic E-state index is 0.197. The summed E-state index contributed by atoms with van der Waals surface area (Å²) >= 11 is 0. The van der Waals surface area contributed by atoms with Crippen molar-refractivity contribution in [2.75, 3.05) is 10.3 Å². The summed E-state index contributed by atoms with van der Waals surface area (Å²) in [6, 6.07) is 38.6. The van der Waals surface area contributed by atoms with Gasteiger partial charge in [0, 0.05) is 18.7 Å². The SMILES string of the molecule is Cc1ccc(NCc2ccc(N3N=C(c4ccccc4)C[C@H]3c3ccccc3)cc2)cc1. The molecular weight excluding hydrogens is 390 g/mol. The van der Waals surface area contributed by atoms with Crippen LogP contribution in [0.25, 0.3) is 0 Å². The van der Waals surface area contributed by atoms with Gasteiger partial charge in [-0.1, -0.05) is 90.5 Å². The molecule has 0 amide bonds. The third kappa shape index (κ3) is 4.42. The Morgan fingerprint density at radius 3 is 2.12 bits per heavy atom. The molecule has 0 aromatic heterocycles. The standard InChI is InChI=1S/C29H27N3/c1-22-12-16-26(17-13-22)30-21-23-14-18-27(19-15-23)32-29(25-10-6-3-7-11-25)20-28(31-32)24-8-4-2-5-9-24/h2-19,29-30H,20-21H2,1H3/t29-/m0/s1. The van der Waals surface area contributed by atoms with Gasteiger partial charge in [-0.2, -0.15) is 5.10 Å². The van der Waals surface area contributed by atoms with Crippen molar-refractivity contribution in [3.05, 3.63) is 131 Å². The number of nitrogens with zero attached hydrogens (tertiary/aromatic N) is 2. The van der Waals surface area contributed by atoms with E-state index in [0.29, 0.717) is 0 Å². The molecule has 0 saturated carbocycles. The normalized spacial score (nSPS) is 15.5. The number of hydrogen-bond acceptors (Lipinski definition) is 3. The van der Waals surface area contributed by atoms with E-state index < -0.39 is 0 Å². The van der Waals surface area contributed by atoms with Crippen molar-refractivity contribution in [2.24, 2.45) is 5.10 Å². The molecule has 0 saturated heterocycles. The Bertz CT molecular complexity index is 1180. The number of aryl methyl sites for hydroxylation is 1. The Morgan fingerprint density at radius 2 is 1.44 bits per heavy atom. The van der Waals surface area contributed by atoms with E-state index in [1.54, 1.807) is 0 Å². The highest BCUT2D eigenvalue weighted by Gasteiger charge is 2.29. The highest BCUT2D eigenvalue weighted by atomic mass is 15.5. The quantitative estimate of drug-likeness (QED) is 0.367. The van der Waals surface area contributed by atoms with Gasteiger partial charge in [-0.05, 0) is 47.9 Å². The lowest BCUT2D eigenvalue weighted by atomic mass is 9.98. The highest BCUT2D eigenvalue weighted by molar-refractivity contribution is 6.03. The zero-order valence-electron chi connectivity index (χ0n) is 18.3. The lowest BCUT2D eigenvalue weighted by Gasteiger charge is -2.24. The summed E-state index contributed by atoms with van der Waals surface area (Å²) in [5.74, 6) is 0. The van der Waals surface area contributed by atoms with Crippen LogP contribution in [0.5, 0.6) is 0 Å². The number of nitrogens with one attached hydrogen (secondary N) is 1.